The van der Waals surface area contributed by atoms with Crippen molar-refractivity contribution in [3.05, 3.63) is 71.9 Å². The summed E-state index contributed by atoms with van der Waals surface area (Å²) in [6.07, 6.45) is 13.0. The van der Waals surface area contributed by atoms with E-state index in [9.17, 15) is 50.1 Å². The molecule has 0 aromatic rings. The van der Waals surface area contributed by atoms with Crippen LogP contribution in [-0.2, 0) is 38.1 Å². The monoisotopic (exact) mass is 1060 g/mol. The Morgan fingerprint density at radius 3 is 1.97 bits per heavy atom. The van der Waals surface area contributed by atoms with Crippen LogP contribution in [0.4, 0.5) is 0 Å². The highest BCUT2D eigenvalue weighted by Crippen LogP contribution is 2.39. The first-order chi connectivity index (χ1) is 35.1. The zero-order valence-electron chi connectivity index (χ0n) is 47.5. The molecule has 2 rings (SSSR count). The third-order valence-corrected chi connectivity index (χ3v) is 16.2. The minimum absolute atomic E-state index is 0.0140. The lowest BCUT2D eigenvalue weighted by Crippen LogP contribution is -2.59. The molecule has 0 bridgehead atoms. The third-order valence-electron chi connectivity index (χ3n) is 16.2. The van der Waals surface area contributed by atoms with Gasteiger partial charge < -0.3 is 64.5 Å². The number of cyclic esters (lactones) is 2. The predicted octanol–water partition coefficient (Wildman–Crippen LogP) is 7.22. The van der Waals surface area contributed by atoms with Crippen LogP contribution in [-0.4, -0.2) is 153 Å². The van der Waals surface area contributed by atoms with Gasteiger partial charge in [0, 0.05) is 69.3 Å². The number of carboxylic acids is 1. The molecule has 0 saturated carbocycles. The molecule has 2 heterocycles. The van der Waals surface area contributed by atoms with Crippen LogP contribution in [0.25, 0.3) is 0 Å². The third kappa shape index (κ3) is 21.3. The number of hydrogen-bond acceptors (Lipinski definition) is 15. The molecule has 0 amide bonds. The van der Waals surface area contributed by atoms with E-state index in [2.05, 4.69) is 0 Å². The summed E-state index contributed by atoms with van der Waals surface area (Å²) in [4.78, 5) is 36.4. The summed E-state index contributed by atoms with van der Waals surface area (Å²) in [5.41, 5.74) is -0.413. The molecule has 0 aromatic carbocycles. The van der Waals surface area contributed by atoms with Crippen LogP contribution in [0, 0.1) is 53.3 Å². The number of hydrogen-bond donors (Lipinski definition) is 8. The molecule has 7 unspecified atom stereocenters. The van der Waals surface area contributed by atoms with E-state index >= 15 is 0 Å². The number of aliphatic hydroxyl groups excluding tert-OH is 6. The Bertz CT molecular complexity index is 1910. The van der Waals surface area contributed by atoms with Gasteiger partial charge in [0.25, 0.3) is 0 Å². The molecule has 21 atom stereocenters. The SMILES string of the molecule is COC(CC[C@@H](C)[C@@]1(O)C[C@@H]([C@H](C)/C=C(C)/C=C(\C)[C@H](O)[C@@H](C)[C@H](O)[C@H](C)[C@H](OC)[C@@H](C)/C=C/C=C/C=C/C(=O)O)OC(=O)[C@@H]1O)CC(CC(O)C(C)C/C=C/C(C)[C@@H]1C[C@@H](C(C)CCC(C)O)[C@H](O)C(=O)O1)OC. The average Bonchev–Trinajstić information content (AvgIpc) is 3.36. The fourth-order valence-electron chi connectivity index (χ4n) is 10.8. The molecule has 8 N–H and O–H groups in total. The fourth-order valence-corrected chi connectivity index (χ4v) is 10.8. The number of esters is 2. The van der Waals surface area contributed by atoms with Crippen LogP contribution < -0.4 is 0 Å². The first kappa shape index (κ1) is 67.6. The Kier molecular flexibility index (Phi) is 29.7. The van der Waals surface area contributed by atoms with Crippen LogP contribution in [0.1, 0.15) is 134 Å². The first-order valence-electron chi connectivity index (χ1n) is 27.2. The summed E-state index contributed by atoms with van der Waals surface area (Å²) < 4.78 is 28.7. The zero-order valence-corrected chi connectivity index (χ0v) is 47.5. The Hall–Kier alpha value is -3.55. The van der Waals surface area contributed by atoms with Crippen LogP contribution in [0.5, 0.6) is 0 Å². The molecule has 430 valence electrons. The molecule has 16 nitrogen and oxygen atoms in total. The van der Waals surface area contributed by atoms with Crippen molar-refractivity contribution in [1.82, 2.24) is 0 Å². The molecule has 2 saturated heterocycles. The van der Waals surface area contributed by atoms with Gasteiger partial charge in [-0.1, -0.05) is 116 Å². The average molecular weight is 1060 g/mol. The van der Waals surface area contributed by atoms with Crippen molar-refractivity contribution in [3.63, 3.8) is 0 Å². The summed E-state index contributed by atoms with van der Waals surface area (Å²) in [5.74, 6) is -4.98. The van der Waals surface area contributed by atoms with Gasteiger partial charge in [-0.15, -0.1) is 0 Å². The van der Waals surface area contributed by atoms with Gasteiger partial charge in [-0.2, -0.15) is 0 Å². The maximum atomic E-state index is 13.1. The summed E-state index contributed by atoms with van der Waals surface area (Å²) in [6, 6.07) is 0. The molecule has 16 heteroatoms. The van der Waals surface area contributed by atoms with Gasteiger partial charge in [0.2, 0.25) is 0 Å². The minimum atomic E-state index is -1.79. The number of methoxy groups -OCH3 is 3. The van der Waals surface area contributed by atoms with E-state index in [0.29, 0.717) is 56.9 Å². The second-order valence-corrected chi connectivity index (χ2v) is 22.4. The van der Waals surface area contributed by atoms with E-state index in [-0.39, 0.29) is 66.2 Å². The molecule has 2 aliphatic rings. The number of rotatable bonds is 33. The maximum Gasteiger partial charge on any atom is 0.338 e. The largest absolute Gasteiger partial charge is 0.478 e. The van der Waals surface area contributed by atoms with E-state index in [1.165, 1.54) is 6.08 Å². The lowest BCUT2D eigenvalue weighted by molar-refractivity contribution is -0.212. The van der Waals surface area contributed by atoms with Crippen molar-refractivity contribution in [2.24, 2.45) is 53.3 Å². The van der Waals surface area contributed by atoms with Crippen LogP contribution in [0.3, 0.4) is 0 Å². The van der Waals surface area contributed by atoms with Gasteiger partial charge in [0.1, 0.15) is 17.8 Å². The summed E-state index contributed by atoms with van der Waals surface area (Å²) >= 11 is 0. The molecule has 0 spiro atoms. The van der Waals surface area contributed by atoms with E-state index in [0.717, 1.165) is 11.6 Å². The van der Waals surface area contributed by atoms with Gasteiger partial charge >= 0.3 is 17.9 Å². The van der Waals surface area contributed by atoms with Crippen LogP contribution in [0.15, 0.2) is 71.9 Å². The Labute approximate surface area is 448 Å². The number of aliphatic hydroxyl groups is 7. The predicted molar refractivity (Wildman–Crippen MR) is 289 cm³/mol. The van der Waals surface area contributed by atoms with Crippen LogP contribution >= 0.6 is 0 Å². The highest BCUT2D eigenvalue weighted by atomic mass is 16.6. The first-order valence-corrected chi connectivity index (χ1v) is 27.2. The van der Waals surface area contributed by atoms with Gasteiger partial charge in [-0.05, 0) is 95.5 Å². The quantitative estimate of drug-likeness (QED) is 0.0140. The number of carbonyl (C=O) groups excluding carboxylic acids is 2. The van der Waals surface area contributed by atoms with Gasteiger partial charge in [0.15, 0.2) is 12.2 Å². The van der Waals surface area contributed by atoms with Crippen molar-refractivity contribution >= 4 is 17.9 Å². The Balaban J connectivity index is 2.02. The van der Waals surface area contributed by atoms with E-state index in [4.69, 9.17) is 28.8 Å². The van der Waals surface area contributed by atoms with Crippen molar-refractivity contribution in [3.8, 4) is 0 Å². The fraction of sp³-hybridized carbons (Fsp3) is 0.746. The standard InChI is InChI=1S/C59H98O16/c1-34(29-40(7)52(64)43(10)53(65)44(11)55(73-14)38(5)20-17-15-16-18-23-51(62)63)28-39(6)50-33-59(70,56(67)58(69)75-50)41(8)25-27-45(71-12)30-46(72-13)31-48(61)36(3)21-19-22-37(4)49-32-47(54(66)57(68)74-49)35(2)24-26-42(9)60/h15-20,22-23,28-29,35-39,41-50,52-56,60-61,64-67,70H,21,24-27,30-33H2,1-14H3,(H,62,63)/b16-15+,20-17+,22-19+,23-18+,34-28+,40-29+/t35?,36?,37?,38-,39+,41+,42?,43+,44-,45?,46?,47-,48?,49-,50-,52-,53-,54-,55+,56-,59-/m0/s1. The number of ether oxygens (including phenoxy) is 5. The summed E-state index contributed by atoms with van der Waals surface area (Å²) in [7, 11) is 4.75. The lowest BCUT2D eigenvalue weighted by Gasteiger charge is -2.44. The summed E-state index contributed by atoms with van der Waals surface area (Å²) in [5, 5.41) is 86.2. The lowest BCUT2D eigenvalue weighted by atomic mass is 9.73. The van der Waals surface area contributed by atoms with Crippen molar-refractivity contribution in [1.29, 1.82) is 0 Å². The molecule has 2 fully saturated rings. The Morgan fingerprint density at radius 2 is 1.37 bits per heavy atom. The normalized spacial score (nSPS) is 28.5. The second kappa shape index (κ2) is 33.0. The molecule has 0 aromatic heterocycles. The van der Waals surface area contributed by atoms with Crippen molar-refractivity contribution < 1.29 is 78.9 Å². The zero-order chi connectivity index (χ0) is 56.9. The topological polar surface area (TPSA) is 259 Å². The van der Waals surface area contributed by atoms with E-state index in [1.54, 1.807) is 67.3 Å². The number of aliphatic carboxylic acids is 1. The van der Waals surface area contributed by atoms with Crippen molar-refractivity contribution in [2.45, 2.75) is 207 Å². The van der Waals surface area contributed by atoms with E-state index < -0.39 is 84.2 Å². The summed E-state index contributed by atoms with van der Waals surface area (Å²) in [6.45, 7) is 20.5. The highest BCUT2D eigenvalue weighted by Gasteiger charge is 2.52. The number of carboxylic acid groups (broad SMARTS) is 1. The second-order valence-electron chi connectivity index (χ2n) is 22.4. The van der Waals surface area contributed by atoms with Gasteiger partial charge in [-0.25, -0.2) is 14.4 Å². The molecule has 0 radical (unpaired) electrons. The molecule has 75 heavy (non-hydrogen) atoms. The number of carbonyl (C=O) groups is 3. The van der Waals surface area contributed by atoms with Gasteiger partial charge in [-0.3, -0.25) is 0 Å². The molecular weight excluding hydrogens is 965 g/mol. The highest BCUT2D eigenvalue weighted by molar-refractivity contribution is 5.80. The molecule has 0 aliphatic carbocycles. The van der Waals surface area contributed by atoms with Crippen LogP contribution in [0.2, 0.25) is 0 Å². The van der Waals surface area contributed by atoms with Gasteiger partial charge in [0.05, 0.1) is 42.7 Å². The number of allylic oxidation sites excluding steroid dienone is 7. The van der Waals surface area contributed by atoms with E-state index in [1.807, 2.05) is 78.8 Å². The molecular formula is C59H98O16. The Morgan fingerprint density at radius 1 is 0.747 bits per heavy atom. The smallest absolute Gasteiger partial charge is 0.338 e. The maximum absolute atomic E-state index is 13.1. The minimum Gasteiger partial charge on any atom is -0.478 e. The van der Waals surface area contributed by atoms with Crippen molar-refractivity contribution in [2.75, 3.05) is 21.3 Å². The molecule has 2 aliphatic heterocycles.